The summed E-state index contributed by atoms with van der Waals surface area (Å²) in [4.78, 5) is 26.7. The Balaban J connectivity index is 2.25. The minimum Gasteiger partial charge on any atom is -0.340 e. The number of hydrogen-bond donors (Lipinski definition) is 1. The zero-order valence-electron chi connectivity index (χ0n) is 12.3. The zero-order valence-corrected chi connectivity index (χ0v) is 12.3. The Bertz CT molecular complexity index is 500. The molecule has 1 aliphatic rings. The molecule has 1 fully saturated rings. The highest BCUT2D eigenvalue weighted by Gasteiger charge is 2.46. The summed E-state index contributed by atoms with van der Waals surface area (Å²) in [5, 5.41) is 2.90. The molecular formula is C16H22N2O2. The number of hydrogen-bond acceptors (Lipinski definition) is 2. The molecule has 1 heterocycles. The average molecular weight is 274 g/mol. The Morgan fingerprint density at radius 3 is 2.40 bits per heavy atom. The van der Waals surface area contributed by atoms with E-state index < -0.39 is 11.6 Å². The van der Waals surface area contributed by atoms with Gasteiger partial charge in [-0.3, -0.25) is 9.59 Å². The van der Waals surface area contributed by atoms with Crippen molar-refractivity contribution in [2.24, 2.45) is 0 Å². The zero-order chi connectivity index (χ0) is 14.8. The van der Waals surface area contributed by atoms with Crippen molar-refractivity contribution >= 4 is 11.8 Å². The maximum Gasteiger partial charge on any atom is 0.248 e. The molecule has 108 valence electrons. The maximum absolute atomic E-state index is 12.6. The molecule has 1 aromatic rings. The summed E-state index contributed by atoms with van der Waals surface area (Å²) in [7, 11) is 0. The van der Waals surface area contributed by atoms with Crippen LogP contribution in [0.4, 0.5) is 0 Å². The molecule has 2 atom stereocenters. The number of rotatable bonds is 4. The van der Waals surface area contributed by atoms with Gasteiger partial charge in [-0.15, -0.1) is 0 Å². The summed E-state index contributed by atoms with van der Waals surface area (Å²) in [6.07, 6.45) is 1.16. The van der Waals surface area contributed by atoms with E-state index in [9.17, 15) is 9.59 Å². The predicted octanol–water partition coefficient (Wildman–Crippen LogP) is 1.74. The highest BCUT2D eigenvalue weighted by molar-refractivity contribution is 5.99. The van der Waals surface area contributed by atoms with Gasteiger partial charge in [0, 0.05) is 13.0 Å². The third-order valence-corrected chi connectivity index (χ3v) is 4.13. The molecule has 1 saturated heterocycles. The summed E-state index contributed by atoms with van der Waals surface area (Å²) in [5.74, 6) is -0.0392. The van der Waals surface area contributed by atoms with Gasteiger partial charge in [0.05, 0.1) is 0 Å². The van der Waals surface area contributed by atoms with Crippen LogP contribution in [0.15, 0.2) is 30.3 Å². The van der Waals surface area contributed by atoms with Crippen molar-refractivity contribution in [3.63, 3.8) is 0 Å². The Morgan fingerprint density at radius 1 is 1.20 bits per heavy atom. The minimum atomic E-state index is -0.764. The van der Waals surface area contributed by atoms with Crippen molar-refractivity contribution in [3.05, 3.63) is 35.9 Å². The molecule has 0 saturated carbocycles. The Labute approximate surface area is 120 Å². The van der Waals surface area contributed by atoms with Crippen LogP contribution in [0.1, 0.15) is 32.8 Å². The van der Waals surface area contributed by atoms with E-state index in [1.54, 1.807) is 11.8 Å². The first-order chi connectivity index (χ1) is 9.51. The Kier molecular flexibility index (Phi) is 4.12. The first-order valence-corrected chi connectivity index (χ1v) is 7.19. The van der Waals surface area contributed by atoms with E-state index in [-0.39, 0.29) is 11.8 Å². The fourth-order valence-electron chi connectivity index (χ4n) is 2.65. The molecular weight excluding hydrogens is 252 g/mol. The van der Waals surface area contributed by atoms with Crippen LogP contribution in [0.2, 0.25) is 0 Å². The number of amides is 2. The standard InChI is InChI=1S/C16H22N2O2/c1-4-16(3)15(20)18(5-2)13(14(19)17-16)11-12-9-7-6-8-10-12/h6-10,13H,4-5,11H2,1-3H3,(H,17,19). The SMILES string of the molecule is CCN1C(=O)C(C)(CC)NC(=O)C1Cc1ccccc1. The van der Waals surface area contributed by atoms with Crippen molar-refractivity contribution in [2.45, 2.75) is 45.2 Å². The van der Waals surface area contributed by atoms with E-state index in [1.807, 2.05) is 44.2 Å². The van der Waals surface area contributed by atoms with Crippen molar-refractivity contribution in [2.75, 3.05) is 6.54 Å². The lowest BCUT2D eigenvalue weighted by Gasteiger charge is -2.43. The molecule has 4 nitrogen and oxygen atoms in total. The number of benzene rings is 1. The van der Waals surface area contributed by atoms with Gasteiger partial charge in [0.2, 0.25) is 11.8 Å². The number of nitrogens with one attached hydrogen (secondary N) is 1. The summed E-state index contributed by atoms with van der Waals surface area (Å²) in [6, 6.07) is 9.41. The second kappa shape index (κ2) is 5.65. The van der Waals surface area contributed by atoms with Crippen molar-refractivity contribution in [3.8, 4) is 0 Å². The van der Waals surface area contributed by atoms with E-state index in [1.165, 1.54) is 0 Å². The van der Waals surface area contributed by atoms with Gasteiger partial charge in [-0.25, -0.2) is 0 Å². The number of carbonyl (C=O) groups excluding carboxylic acids is 2. The molecule has 0 spiro atoms. The molecule has 0 aromatic heterocycles. The van der Waals surface area contributed by atoms with Crippen LogP contribution >= 0.6 is 0 Å². The topological polar surface area (TPSA) is 49.4 Å². The maximum atomic E-state index is 12.6. The fourth-order valence-corrected chi connectivity index (χ4v) is 2.65. The quantitative estimate of drug-likeness (QED) is 0.909. The molecule has 0 radical (unpaired) electrons. The van der Waals surface area contributed by atoms with Gasteiger partial charge in [0.25, 0.3) is 0 Å². The summed E-state index contributed by atoms with van der Waals surface area (Å²) in [5.41, 5.74) is 0.305. The van der Waals surface area contributed by atoms with E-state index in [4.69, 9.17) is 0 Å². The molecule has 2 unspecified atom stereocenters. The highest BCUT2D eigenvalue weighted by atomic mass is 16.2. The monoisotopic (exact) mass is 274 g/mol. The lowest BCUT2D eigenvalue weighted by molar-refractivity contribution is -0.154. The molecule has 2 amide bonds. The van der Waals surface area contributed by atoms with Gasteiger partial charge < -0.3 is 10.2 Å². The fraction of sp³-hybridized carbons (Fsp3) is 0.500. The highest BCUT2D eigenvalue weighted by Crippen LogP contribution is 2.23. The second-order valence-electron chi connectivity index (χ2n) is 5.47. The molecule has 1 aliphatic heterocycles. The third-order valence-electron chi connectivity index (χ3n) is 4.13. The van der Waals surface area contributed by atoms with E-state index in [0.717, 1.165) is 5.56 Å². The summed E-state index contributed by atoms with van der Waals surface area (Å²) in [6.45, 7) is 6.20. The van der Waals surface area contributed by atoms with Crippen LogP contribution in [-0.2, 0) is 16.0 Å². The van der Waals surface area contributed by atoms with Crippen LogP contribution < -0.4 is 5.32 Å². The van der Waals surface area contributed by atoms with Crippen LogP contribution in [0.3, 0.4) is 0 Å². The first kappa shape index (κ1) is 14.6. The largest absolute Gasteiger partial charge is 0.340 e. The van der Waals surface area contributed by atoms with Crippen molar-refractivity contribution in [1.29, 1.82) is 0 Å². The summed E-state index contributed by atoms with van der Waals surface area (Å²) >= 11 is 0. The van der Waals surface area contributed by atoms with Gasteiger partial charge in [-0.2, -0.15) is 0 Å². The van der Waals surface area contributed by atoms with E-state index in [2.05, 4.69) is 5.32 Å². The van der Waals surface area contributed by atoms with Crippen LogP contribution in [0.25, 0.3) is 0 Å². The third kappa shape index (κ3) is 2.55. The second-order valence-corrected chi connectivity index (χ2v) is 5.47. The predicted molar refractivity (Wildman–Crippen MR) is 78.2 cm³/mol. The first-order valence-electron chi connectivity index (χ1n) is 7.19. The van der Waals surface area contributed by atoms with Gasteiger partial charge in [0.1, 0.15) is 11.6 Å². The average Bonchev–Trinajstić information content (AvgIpc) is 2.46. The van der Waals surface area contributed by atoms with E-state index >= 15 is 0 Å². The molecule has 0 bridgehead atoms. The Hall–Kier alpha value is -1.84. The van der Waals surface area contributed by atoms with Gasteiger partial charge >= 0.3 is 0 Å². The molecule has 0 aliphatic carbocycles. The molecule has 2 rings (SSSR count). The number of carbonyl (C=O) groups is 2. The Morgan fingerprint density at radius 2 is 1.85 bits per heavy atom. The van der Waals surface area contributed by atoms with Crippen molar-refractivity contribution in [1.82, 2.24) is 10.2 Å². The number of likely N-dealkylation sites (N-methyl/N-ethyl adjacent to an activating group) is 1. The van der Waals surface area contributed by atoms with E-state index in [0.29, 0.717) is 19.4 Å². The van der Waals surface area contributed by atoms with Crippen molar-refractivity contribution < 1.29 is 9.59 Å². The molecule has 1 N–H and O–H groups in total. The lowest BCUT2D eigenvalue weighted by Crippen LogP contribution is -2.69. The van der Waals surface area contributed by atoms with Gasteiger partial charge in [-0.05, 0) is 25.8 Å². The summed E-state index contributed by atoms with van der Waals surface area (Å²) < 4.78 is 0. The number of nitrogens with zero attached hydrogens (tertiary/aromatic N) is 1. The molecule has 4 heteroatoms. The van der Waals surface area contributed by atoms with Gasteiger partial charge in [-0.1, -0.05) is 37.3 Å². The van der Waals surface area contributed by atoms with Gasteiger partial charge in [0.15, 0.2) is 0 Å². The molecule has 1 aromatic carbocycles. The minimum absolute atomic E-state index is 0.0167. The normalized spacial score (nSPS) is 26.6. The molecule has 20 heavy (non-hydrogen) atoms. The lowest BCUT2D eigenvalue weighted by atomic mass is 9.90. The smallest absolute Gasteiger partial charge is 0.248 e. The van der Waals surface area contributed by atoms with Crippen LogP contribution in [0, 0.1) is 0 Å². The van der Waals surface area contributed by atoms with Crippen LogP contribution in [-0.4, -0.2) is 34.8 Å². The number of piperazine rings is 1. The van der Waals surface area contributed by atoms with Crippen LogP contribution in [0.5, 0.6) is 0 Å².